The molecule has 0 atom stereocenters. The fourth-order valence-electron chi connectivity index (χ4n) is 0.894. The van der Waals surface area contributed by atoms with Crippen LogP contribution in [0.25, 0.3) is 0 Å². The van der Waals surface area contributed by atoms with Crippen LogP contribution in [-0.4, -0.2) is 23.6 Å². The Balaban J connectivity index is 2.44. The molecule has 1 aromatic heterocycles. The van der Waals surface area contributed by atoms with Gasteiger partial charge < -0.3 is 10.6 Å². The number of rotatable bonds is 5. The lowest BCUT2D eigenvalue weighted by atomic mass is 10.3. The van der Waals surface area contributed by atoms with E-state index >= 15 is 0 Å². The first-order valence-corrected chi connectivity index (χ1v) is 4.17. The van der Waals surface area contributed by atoms with E-state index in [0.29, 0.717) is 5.95 Å². The monoisotopic (exact) mass is 178 g/mol. The minimum atomic E-state index is 0.646. The van der Waals surface area contributed by atoms with Crippen molar-refractivity contribution >= 4 is 5.95 Å². The molecule has 0 aliphatic carbocycles. The molecule has 0 bridgehead atoms. The Morgan fingerprint density at radius 3 is 2.69 bits per heavy atom. The van der Waals surface area contributed by atoms with Gasteiger partial charge in [0.15, 0.2) is 0 Å². The summed E-state index contributed by atoms with van der Waals surface area (Å²) in [5.41, 5.74) is 1.07. The quantitative estimate of drug-likeness (QED) is 0.517. The molecule has 1 heterocycles. The molecule has 13 heavy (non-hydrogen) atoms. The molecule has 0 spiro atoms. The molecule has 4 nitrogen and oxygen atoms in total. The van der Waals surface area contributed by atoms with Gasteiger partial charge in [-0.2, -0.15) is 0 Å². The summed E-state index contributed by atoms with van der Waals surface area (Å²) >= 11 is 0. The Bertz CT molecular complexity index is 255. The van der Waals surface area contributed by atoms with Crippen LogP contribution >= 0.6 is 0 Å². The predicted octanol–water partition coefficient (Wildman–Crippen LogP) is 0.794. The van der Waals surface area contributed by atoms with Crippen LogP contribution in [0.3, 0.4) is 0 Å². The average molecular weight is 178 g/mol. The highest BCUT2D eigenvalue weighted by Gasteiger charge is 1.93. The van der Waals surface area contributed by atoms with Gasteiger partial charge in [-0.25, -0.2) is 9.97 Å². The standard InChI is InChI=1S/C9H14N4/c1-3-4-11-5-8-6-12-9(10-2)13-7-8/h3,6-7,11H,1,4-5H2,2H3,(H,10,12,13). The Morgan fingerprint density at radius 2 is 2.15 bits per heavy atom. The van der Waals surface area contributed by atoms with Gasteiger partial charge in [-0.15, -0.1) is 6.58 Å². The zero-order valence-corrected chi connectivity index (χ0v) is 7.75. The molecule has 4 heteroatoms. The second-order valence-corrected chi connectivity index (χ2v) is 2.58. The van der Waals surface area contributed by atoms with Gasteiger partial charge in [-0.3, -0.25) is 0 Å². The summed E-state index contributed by atoms with van der Waals surface area (Å²) < 4.78 is 0. The first-order chi connectivity index (χ1) is 6.36. The zero-order chi connectivity index (χ0) is 9.52. The molecule has 0 aliphatic rings. The fraction of sp³-hybridized carbons (Fsp3) is 0.333. The number of hydrogen-bond acceptors (Lipinski definition) is 4. The smallest absolute Gasteiger partial charge is 0.222 e. The predicted molar refractivity (Wildman–Crippen MR) is 53.5 cm³/mol. The molecule has 2 N–H and O–H groups in total. The number of nitrogens with one attached hydrogen (secondary N) is 2. The van der Waals surface area contributed by atoms with Gasteiger partial charge in [0.1, 0.15) is 0 Å². The molecule has 0 radical (unpaired) electrons. The molecule has 0 aliphatic heterocycles. The van der Waals surface area contributed by atoms with E-state index in [1.807, 2.05) is 6.08 Å². The molecule has 0 saturated heterocycles. The van der Waals surface area contributed by atoms with E-state index in [1.165, 1.54) is 0 Å². The third-order valence-corrected chi connectivity index (χ3v) is 1.55. The minimum absolute atomic E-state index is 0.646. The average Bonchev–Trinajstić information content (AvgIpc) is 2.19. The lowest BCUT2D eigenvalue weighted by Crippen LogP contribution is -2.13. The first kappa shape index (κ1) is 9.67. The van der Waals surface area contributed by atoms with Gasteiger partial charge in [0.25, 0.3) is 0 Å². The SMILES string of the molecule is C=CCNCc1cnc(NC)nc1. The topological polar surface area (TPSA) is 49.8 Å². The summed E-state index contributed by atoms with van der Waals surface area (Å²) in [6, 6.07) is 0. The van der Waals surface area contributed by atoms with E-state index in [-0.39, 0.29) is 0 Å². The van der Waals surface area contributed by atoms with Gasteiger partial charge in [0.05, 0.1) is 0 Å². The van der Waals surface area contributed by atoms with Crippen molar-refractivity contribution < 1.29 is 0 Å². The van der Waals surface area contributed by atoms with Crippen LogP contribution in [-0.2, 0) is 6.54 Å². The van der Waals surface area contributed by atoms with Crippen LogP contribution in [0.2, 0.25) is 0 Å². The van der Waals surface area contributed by atoms with Gasteiger partial charge in [0, 0.05) is 38.1 Å². The Labute approximate surface area is 78.1 Å². The number of hydrogen-bond donors (Lipinski definition) is 2. The molecular weight excluding hydrogens is 164 g/mol. The van der Waals surface area contributed by atoms with Crippen molar-refractivity contribution in [2.75, 3.05) is 18.9 Å². The van der Waals surface area contributed by atoms with E-state index in [1.54, 1.807) is 19.4 Å². The first-order valence-electron chi connectivity index (χ1n) is 4.17. The fourth-order valence-corrected chi connectivity index (χ4v) is 0.894. The van der Waals surface area contributed by atoms with Crippen LogP contribution in [0.4, 0.5) is 5.95 Å². The molecule has 0 aromatic carbocycles. The molecule has 1 rings (SSSR count). The third kappa shape index (κ3) is 3.21. The van der Waals surface area contributed by atoms with Crippen molar-refractivity contribution in [3.05, 3.63) is 30.6 Å². The zero-order valence-electron chi connectivity index (χ0n) is 7.75. The third-order valence-electron chi connectivity index (χ3n) is 1.55. The van der Waals surface area contributed by atoms with E-state index < -0.39 is 0 Å². The summed E-state index contributed by atoms with van der Waals surface area (Å²) in [7, 11) is 1.80. The summed E-state index contributed by atoms with van der Waals surface area (Å²) in [4.78, 5) is 8.18. The van der Waals surface area contributed by atoms with Crippen molar-refractivity contribution in [2.45, 2.75) is 6.54 Å². The van der Waals surface area contributed by atoms with E-state index in [9.17, 15) is 0 Å². The molecule has 0 saturated carbocycles. The normalized spacial score (nSPS) is 9.62. The summed E-state index contributed by atoms with van der Waals surface area (Å²) in [5, 5.41) is 6.03. The second kappa shape index (κ2) is 5.27. The van der Waals surface area contributed by atoms with Crippen molar-refractivity contribution in [2.24, 2.45) is 0 Å². The minimum Gasteiger partial charge on any atom is -0.357 e. The van der Waals surface area contributed by atoms with Crippen molar-refractivity contribution in [1.29, 1.82) is 0 Å². The summed E-state index contributed by atoms with van der Waals surface area (Å²) in [5.74, 6) is 0.646. The number of anilines is 1. The maximum absolute atomic E-state index is 4.09. The Morgan fingerprint density at radius 1 is 1.46 bits per heavy atom. The van der Waals surface area contributed by atoms with Crippen LogP contribution in [0, 0.1) is 0 Å². The Kier molecular flexibility index (Phi) is 3.92. The van der Waals surface area contributed by atoms with Crippen LogP contribution in [0.15, 0.2) is 25.0 Å². The largest absolute Gasteiger partial charge is 0.357 e. The van der Waals surface area contributed by atoms with Crippen molar-refractivity contribution in [3.8, 4) is 0 Å². The number of nitrogens with zero attached hydrogens (tertiary/aromatic N) is 2. The lowest BCUT2D eigenvalue weighted by Gasteiger charge is -2.02. The van der Waals surface area contributed by atoms with E-state index in [2.05, 4.69) is 27.2 Å². The Hall–Kier alpha value is -1.42. The van der Waals surface area contributed by atoms with Gasteiger partial charge in [-0.1, -0.05) is 6.08 Å². The second-order valence-electron chi connectivity index (χ2n) is 2.58. The van der Waals surface area contributed by atoms with Crippen LogP contribution in [0.1, 0.15) is 5.56 Å². The highest BCUT2D eigenvalue weighted by Crippen LogP contribution is 1.98. The highest BCUT2D eigenvalue weighted by atomic mass is 15.1. The van der Waals surface area contributed by atoms with Crippen molar-refractivity contribution in [3.63, 3.8) is 0 Å². The lowest BCUT2D eigenvalue weighted by molar-refractivity contribution is 0.753. The van der Waals surface area contributed by atoms with Crippen LogP contribution in [0.5, 0.6) is 0 Å². The molecular formula is C9H14N4. The van der Waals surface area contributed by atoms with Crippen molar-refractivity contribution in [1.82, 2.24) is 15.3 Å². The molecule has 0 fully saturated rings. The van der Waals surface area contributed by atoms with Gasteiger partial charge in [-0.05, 0) is 0 Å². The van der Waals surface area contributed by atoms with Gasteiger partial charge >= 0.3 is 0 Å². The maximum atomic E-state index is 4.09. The molecule has 70 valence electrons. The number of aromatic nitrogens is 2. The van der Waals surface area contributed by atoms with E-state index in [4.69, 9.17) is 0 Å². The highest BCUT2D eigenvalue weighted by molar-refractivity contribution is 5.22. The van der Waals surface area contributed by atoms with E-state index in [0.717, 1.165) is 18.7 Å². The van der Waals surface area contributed by atoms with Gasteiger partial charge in [0.2, 0.25) is 5.95 Å². The summed E-state index contributed by atoms with van der Waals surface area (Å²) in [6.07, 6.45) is 5.42. The molecule has 1 aromatic rings. The molecule has 0 unspecified atom stereocenters. The van der Waals surface area contributed by atoms with Crippen LogP contribution < -0.4 is 10.6 Å². The summed E-state index contributed by atoms with van der Waals surface area (Å²) in [6.45, 7) is 5.19. The molecule has 0 amide bonds. The maximum Gasteiger partial charge on any atom is 0.222 e.